The SMILES string of the molecule is CCCCCCCCCCCCCCCC(=O)OC[C@@H](COP(=O)(O)O)OC(=O)CCCCCCCCCCCCCCC.[Na]. The number of esters is 2. The van der Waals surface area contributed by atoms with Crippen molar-refractivity contribution in [2.75, 3.05) is 13.2 Å². The number of carbonyl (C=O) groups excluding carboxylic acids is 2. The van der Waals surface area contributed by atoms with Crippen molar-refractivity contribution in [3.05, 3.63) is 0 Å². The van der Waals surface area contributed by atoms with E-state index in [1.54, 1.807) is 0 Å². The van der Waals surface area contributed by atoms with Gasteiger partial charge < -0.3 is 19.3 Å². The second kappa shape index (κ2) is 35.4. The van der Waals surface area contributed by atoms with Gasteiger partial charge in [-0.1, -0.05) is 168 Å². The number of phosphoric acid groups is 1. The summed E-state index contributed by atoms with van der Waals surface area (Å²) in [6.45, 7) is 3.68. The Morgan fingerprint density at radius 1 is 0.511 bits per heavy atom. The Hall–Kier alpha value is 0.0500. The molecule has 0 fully saturated rings. The average molecular weight is 672 g/mol. The molecule has 0 rings (SSSR count). The van der Waals surface area contributed by atoms with Crippen LogP contribution in [0.2, 0.25) is 0 Å². The number of ether oxygens (including phenoxy) is 2. The van der Waals surface area contributed by atoms with Crippen LogP contribution >= 0.6 is 7.82 Å². The molecule has 8 nitrogen and oxygen atoms in total. The van der Waals surface area contributed by atoms with Crippen molar-refractivity contribution in [3.8, 4) is 0 Å². The third-order valence-corrected chi connectivity index (χ3v) is 8.61. The molecule has 0 saturated heterocycles. The van der Waals surface area contributed by atoms with Crippen LogP contribution in [0.25, 0.3) is 0 Å². The fourth-order valence-electron chi connectivity index (χ4n) is 5.37. The minimum Gasteiger partial charge on any atom is -0.462 e. The van der Waals surface area contributed by atoms with E-state index in [1.165, 1.54) is 128 Å². The van der Waals surface area contributed by atoms with Crippen LogP contribution in [0.4, 0.5) is 0 Å². The first kappa shape index (κ1) is 47.2. The molecule has 0 bridgehead atoms. The fourth-order valence-corrected chi connectivity index (χ4v) is 5.73. The maximum Gasteiger partial charge on any atom is 0.469 e. The Morgan fingerprint density at radius 2 is 0.822 bits per heavy atom. The van der Waals surface area contributed by atoms with E-state index in [-0.39, 0.29) is 49.0 Å². The molecule has 45 heavy (non-hydrogen) atoms. The van der Waals surface area contributed by atoms with Gasteiger partial charge in [-0.2, -0.15) is 0 Å². The Morgan fingerprint density at radius 3 is 1.16 bits per heavy atom. The van der Waals surface area contributed by atoms with Gasteiger partial charge in [-0.15, -0.1) is 0 Å². The van der Waals surface area contributed by atoms with Gasteiger partial charge in [0.25, 0.3) is 0 Å². The zero-order valence-electron chi connectivity index (χ0n) is 29.6. The van der Waals surface area contributed by atoms with E-state index in [0.717, 1.165) is 32.1 Å². The van der Waals surface area contributed by atoms with Crippen LogP contribution in [0.15, 0.2) is 0 Å². The van der Waals surface area contributed by atoms with E-state index in [2.05, 4.69) is 18.4 Å². The molecule has 1 radical (unpaired) electrons. The zero-order chi connectivity index (χ0) is 32.6. The van der Waals surface area contributed by atoms with E-state index in [4.69, 9.17) is 19.3 Å². The monoisotopic (exact) mass is 671 g/mol. The number of rotatable bonds is 34. The molecule has 0 aliphatic carbocycles. The quantitative estimate of drug-likeness (QED) is 0.0300. The molecule has 0 heterocycles. The van der Waals surface area contributed by atoms with Gasteiger partial charge in [-0.25, -0.2) is 4.57 Å². The second-order valence-corrected chi connectivity index (χ2v) is 13.8. The van der Waals surface area contributed by atoms with Gasteiger partial charge in [-0.05, 0) is 12.8 Å². The first-order valence-corrected chi connectivity index (χ1v) is 19.9. The summed E-state index contributed by atoms with van der Waals surface area (Å²) in [5.74, 6) is -0.873. The van der Waals surface area contributed by atoms with Crippen LogP contribution in [0.3, 0.4) is 0 Å². The molecule has 0 spiro atoms. The Balaban J connectivity index is 0. The van der Waals surface area contributed by atoms with Crippen LogP contribution in [-0.4, -0.2) is 70.6 Å². The summed E-state index contributed by atoms with van der Waals surface area (Å²) in [6.07, 6.45) is 31.0. The summed E-state index contributed by atoms with van der Waals surface area (Å²) in [6, 6.07) is 0. The molecular formula is C35H69NaO8P. The Labute approximate surface area is 298 Å². The van der Waals surface area contributed by atoms with Crippen LogP contribution < -0.4 is 0 Å². The summed E-state index contributed by atoms with van der Waals surface area (Å²) in [5.41, 5.74) is 0. The van der Waals surface area contributed by atoms with Gasteiger partial charge in [0.1, 0.15) is 6.61 Å². The van der Waals surface area contributed by atoms with Crippen LogP contribution in [0, 0.1) is 0 Å². The normalized spacial score (nSPS) is 12.1. The van der Waals surface area contributed by atoms with Gasteiger partial charge in [-0.3, -0.25) is 14.1 Å². The molecule has 0 saturated carbocycles. The van der Waals surface area contributed by atoms with E-state index in [9.17, 15) is 14.2 Å². The minimum absolute atomic E-state index is 0. The van der Waals surface area contributed by atoms with Gasteiger partial charge in [0.15, 0.2) is 6.10 Å². The van der Waals surface area contributed by atoms with Crippen molar-refractivity contribution in [3.63, 3.8) is 0 Å². The number of carbonyl (C=O) groups is 2. The molecule has 0 aromatic rings. The van der Waals surface area contributed by atoms with Crippen molar-refractivity contribution in [2.24, 2.45) is 0 Å². The van der Waals surface area contributed by atoms with E-state index in [0.29, 0.717) is 6.42 Å². The molecule has 1 atom stereocenters. The molecule has 10 heteroatoms. The summed E-state index contributed by atoms with van der Waals surface area (Å²) in [7, 11) is -4.74. The second-order valence-electron chi connectivity index (χ2n) is 12.6. The van der Waals surface area contributed by atoms with Gasteiger partial charge in [0, 0.05) is 42.4 Å². The smallest absolute Gasteiger partial charge is 0.462 e. The van der Waals surface area contributed by atoms with Gasteiger partial charge in [0.2, 0.25) is 0 Å². The van der Waals surface area contributed by atoms with E-state index < -0.39 is 32.5 Å². The van der Waals surface area contributed by atoms with Gasteiger partial charge in [0.05, 0.1) is 6.61 Å². The van der Waals surface area contributed by atoms with Crippen LogP contribution in [0.1, 0.15) is 194 Å². The summed E-state index contributed by atoms with van der Waals surface area (Å²) >= 11 is 0. The first-order chi connectivity index (χ1) is 21.3. The predicted molar refractivity (Wildman–Crippen MR) is 185 cm³/mol. The molecule has 0 aromatic carbocycles. The van der Waals surface area contributed by atoms with Gasteiger partial charge >= 0.3 is 19.8 Å². The largest absolute Gasteiger partial charge is 0.469 e. The molecule has 0 aliphatic rings. The van der Waals surface area contributed by atoms with Crippen LogP contribution in [-0.2, 0) is 28.2 Å². The summed E-state index contributed by atoms with van der Waals surface area (Å²) in [5, 5.41) is 0. The average Bonchev–Trinajstić information content (AvgIpc) is 2.98. The summed E-state index contributed by atoms with van der Waals surface area (Å²) in [4.78, 5) is 42.6. The maximum atomic E-state index is 12.3. The summed E-state index contributed by atoms with van der Waals surface area (Å²) < 4.78 is 26.3. The fraction of sp³-hybridized carbons (Fsp3) is 0.943. The van der Waals surface area contributed by atoms with Crippen LogP contribution in [0.5, 0.6) is 0 Å². The topological polar surface area (TPSA) is 119 Å². The van der Waals surface area contributed by atoms with E-state index in [1.807, 2.05) is 0 Å². The number of hydrogen-bond donors (Lipinski definition) is 2. The van der Waals surface area contributed by atoms with Crippen molar-refractivity contribution >= 4 is 49.3 Å². The zero-order valence-corrected chi connectivity index (χ0v) is 32.5. The number of hydrogen-bond acceptors (Lipinski definition) is 6. The minimum atomic E-state index is -4.74. The molecule has 0 amide bonds. The molecule has 0 aliphatic heterocycles. The molecule has 0 unspecified atom stereocenters. The Kier molecular flexibility index (Phi) is 37.1. The third kappa shape index (κ3) is 38.4. The van der Waals surface area contributed by atoms with Crippen molar-refractivity contribution < 1.29 is 37.9 Å². The third-order valence-electron chi connectivity index (χ3n) is 8.13. The van der Waals surface area contributed by atoms with E-state index >= 15 is 0 Å². The molecule has 2 N–H and O–H groups in total. The van der Waals surface area contributed by atoms with Crippen molar-refractivity contribution in [1.29, 1.82) is 0 Å². The standard InChI is InChI=1S/C35H69O8P.Na/c1-3-5-7-9-11-13-15-17-19-21-23-25-27-29-34(36)41-31-33(32-42-44(38,39)40)43-35(37)30-28-26-24-22-20-18-16-14-12-10-8-6-4-2;/h33H,3-32H2,1-2H3,(H2,38,39,40);/t33-;/m0./s1. The first-order valence-electron chi connectivity index (χ1n) is 18.3. The maximum absolute atomic E-state index is 12.3. The van der Waals surface area contributed by atoms with Crippen molar-refractivity contribution in [2.45, 2.75) is 200 Å². The molecular weight excluding hydrogens is 602 g/mol. The Bertz CT molecular complexity index is 703. The molecule has 0 aromatic heterocycles. The molecule has 263 valence electrons. The number of unbranched alkanes of at least 4 members (excludes halogenated alkanes) is 24. The predicted octanol–water partition coefficient (Wildman–Crippen LogP) is 10.1. The van der Waals surface area contributed by atoms with Crippen molar-refractivity contribution in [1.82, 2.24) is 0 Å². The number of phosphoric ester groups is 1.